The lowest BCUT2D eigenvalue weighted by Gasteiger charge is -2.21. The summed E-state index contributed by atoms with van der Waals surface area (Å²) in [5.41, 5.74) is 0.302. The van der Waals surface area contributed by atoms with Crippen LogP contribution in [0.25, 0.3) is 0 Å². The van der Waals surface area contributed by atoms with Gasteiger partial charge in [-0.15, -0.1) is 0 Å². The van der Waals surface area contributed by atoms with Crippen molar-refractivity contribution >= 4 is 29.1 Å². The number of nitrogens with one attached hydrogen (secondary N) is 2. The van der Waals surface area contributed by atoms with Crippen LogP contribution in [0.15, 0.2) is 24.4 Å². The van der Waals surface area contributed by atoms with Crippen molar-refractivity contribution < 1.29 is 9.59 Å². The zero-order chi connectivity index (χ0) is 21.6. The first-order chi connectivity index (χ1) is 15.0. The summed E-state index contributed by atoms with van der Waals surface area (Å²) >= 11 is 0. The molecule has 1 saturated heterocycles. The first kappa shape index (κ1) is 19.5. The van der Waals surface area contributed by atoms with Crippen LogP contribution in [-0.4, -0.2) is 39.7 Å². The first-order valence-corrected chi connectivity index (χ1v) is 10.8. The first-order valence-electron chi connectivity index (χ1n) is 10.8. The van der Waals surface area contributed by atoms with Crippen LogP contribution in [0.1, 0.15) is 42.6 Å². The molecule has 2 N–H and O–H groups in total. The number of aromatic nitrogens is 3. The fourth-order valence-electron chi connectivity index (χ4n) is 4.31. The molecular formula is C22H25N7O2. The summed E-state index contributed by atoms with van der Waals surface area (Å²) in [6, 6.07) is 7.55. The van der Waals surface area contributed by atoms with E-state index in [1.165, 1.54) is 17.5 Å². The molecule has 0 spiro atoms. The average molecular weight is 419 g/mol. The number of amides is 2. The number of nitriles is 1. The molecule has 31 heavy (non-hydrogen) atoms. The molecule has 2 aromatic heterocycles. The Morgan fingerprint density at radius 2 is 2.10 bits per heavy atom. The van der Waals surface area contributed by atoms with Crippen molar-refractivity contribution in [3.8, 4) is 6.07 Å². The van der Waals surface area contributed by atoms with Gasteiger partial charge in [0, 0.05) is 44.2 Å². The third-order valence-corrected chi connectivity index (χ3v) is 6.50. The molecule has 0 unspecified atom stereocenters. The second-order valence-corrected chi connectivity index (χ2v) is 8.78. The Kier molecular flexibility index (Phi) is 4.65. The van der Waals surface area contributed by atoms with Crippen molar-refractivity contribution in [3.05, 3.63) is 30.1 Å². The van der Waals surface area contributed by atoms with Crippen LogP contribution < -0.4 is 15.5 Å². The predicted molar refractivity (Wildman–Crippen MR) is 114 cm³/mol. The van der Waals surface area contributed by atoms with E-state index in [-0.39, 0.29) is 17.7 Å². The number of carbonyl (C=O) groups excluding carboxylic acids is 2. The Morgan fingerprint density at radius 1 is 1.29 bits per heavy atom. The van der Waals surface area contributed by atoms with Gasteiger partial charge in [0.1, 0.15) is 16.9 Å². The van der Waals surface area contributed by atoms with Gasteiger partial charge in [-0.25, -0.2) is 4.98 Å². The van der Waals surface area contributed by atoms with Crippen molar-refractivity contribution in [1.29, 1.82) is 5.26 Å². The van der Waals surface area contributed by atoms with E-state index in [4.69, 9.17) is 0 Å². The molecule has 2 aliphatic carbocycles. The molecule has 3 aliphatic rings. The molecule has 2 amide bonds. The van der Waals surface area contributed by atoms with Gasteiger partial charge in [-0.3, -0.25) is 14.3 Å². The molecule has 160 valence electrons. The molecule has 3 fully saturated rings. The fraction of sp³-hybridized carbons (Fsp3) is 0.500. The highest BCUT2D eigenvalue weighted by Gasteiger charge is 2.56. The lowest BCUT2D eigenvalue weighted by molar-refractivity contribution is -0.123. The number of hydrogen-bond acceptors (Lipinski definition) is 6. The van der Waals surface area contributed by atoms with Crippen LogP contribution in [-0.2, 0) is 11.8 Å². The predicted octanol–water partition coefficient (Wildman–Crippen LogP) is 2.36. The Morgan fingerprint density at radius 3 is 2.81 bits per heavy atom. The van der Waals surface area contributed by atoms with Crippen molar-refractivity contribution in [1.82, 2.24) is 20.1 Å². The van der Waals surface area contributed by atoms with E-state index in [2.05, 4.69) is 26.8 Å². The number of rotatable bonds is 7. The van der Waals surface area contributed by atoms with Gasteiger partial charge in [-0.2, -0.15) is 10.4 Å². The van der Waals surface area contributed by atoms with Crippen LogP contribution in [0.2, 0.25) is 0 Å². The Bertz CT molecular complexity index is 1080. The van der Waals surface area contributed by atoms with Crippen molar-refractivity contribution in [2.45, 2.75) is 32.1 Å². The van der Waals surface area contributed by atoms with E-state index >= 15 is 0 Å². The molecule has 3 heterocycles. The van der Waals surface area contributed by atoms with E-state index in [9.17, 15) is 14.9 Å². The molecule has 2 saturated carbocycles. The minimum absolute atomic E-state index is 0.109. The van der Waals surface area contributed by atoms with E-state index in [0.717, 1.165) is 12.8 Å². The van der Waals surface area contributed by atoms with Gasteiger partial charge in [0.15, 0.2) is 5.82 Å². The number of anilines is 3. The fourth-order valence-corrected chi connectivity index (χ4v) is 4.31. The summed E-state index contributed by atoms with van der Waals surface area (Å²) in [6.07, 6.45) is 6.45. The molecular weight excluding hydrogens is 394 g/mol. The molecule has 1 atom stereocenters. The van der Waals surface area contributed by atoms with Gasteiger partial charge in [0.05, 0.1) is 6.07 Å². The molecule has 0 radical (unpaired) electrons. The number of hydrogen-bond donors (Lipinski definition) is 2. The summed E-state index contributed by atoms with van der Waals surface area (Å²) < 4.78 is 1.54. The summed E-state index contributed by atoms with van der Waals surface area (Å²) in [7, 11) is 1.73. The molecule has 2 aromatic rings. The van der Waals surface area contributed by atoms with E-state index in [1.807, 2.05) is 0 Å². The zero-order valence-corrected chi connectivity index (χ0v) is 17.5. The van der Waals surface area contributed by atoms with Gasteiger partial charge in [0.2, 0.25) is 5.91 Å². The minimum atomic E-state index is -0.874. The van der Waals surface area contributed by atoms with Gasteiger partial charge in [-0.1, -0.05) is 0 Å². The van der Waals surface area contributed by atoms with Crippen molar-refractivity contribution in [3.63, 3.8) is 0 Å². The van der Waals surface area contributed by atoms with Crippen LogP contribution in [0.4, 0.5) is 17.3 Å². The second-order valence-electron chi connectivity index (χ2n) is 8.78. The largest absolute Gasteiger partial charge is 0.350 e. The Balaban J connectivity index is 1.30. The number of nitrogens with zero attached hydrogens (tertiary/aromatic N) is 5. The lowest BCUT2D eigenvalue weighted by Crippen LogP contribution is -2.35. The SMILES string of the molecule is Cn1nc(Nc2cc(N3CC[C@@](C#N)(C4CC4)C3=O)ccn2)cc1C(=O)NCC1CC1. The van der Waals surface area contributed by atoms with Crippen LogP contribution in [0.5, 0.6) is 0 Å². The molecule has 9 heteroatoms. The van der Waals surface area contributed by atoms with Crippen LogP contribution >= 0.6 is 0 Å². The van der Waals surface area contributed by atoms with E-state index < -0.39 is 5.41 Å². The van der Waals surface area contributed by atoms with E-state index in [1.54, 1.807) is 36.3 Å². The highest BCUT2D eigenvalue weighted by atomic mass is 16.2. The lowest BCUT2D eigenvalue weighted by atomic mass is 9.83. The topological polar surface area (TPSA) is 116 Å². The maximum absolute atomic E-state index is 13.0. The standard InChI is InChI=1S/C22H25N7O2/c1-28-17(20(30)25-12-14-2-3-14)11-19(27-28)26-18-10-16(6-8-24-18)29-9-7-22(13-23,21(29)31)15-4-5-15/h6,8,10-11,14-15H,2-5,7,9,12H2,1H3,(H,25,30)(H,24,26,27)/t22-/m1/s1. The zero-order valence-electron chi connectivity index (χ0n) is 17.5. The summed E-state index contributed by atoms with van der Waals surface area (Å²) in [5.74, 6) is 1.56. The molecule has 5 rings (SSSR count). The highest BCUT2D eigenvalue weighted by Crippen LogP contribution is 2.51. The van der Waals surface area contributed by atoms with Crippen molar-refractivity contribution in [2.75, 3.05) is 23.3 Å². The summed E-state index contributed by atoms with van der Waals surface area (Å²) in [4.78, 5) is 31.4. The van der Waals surface area contributed by atoms with Gasteiger partial charge in [0.25, 0.3) is 5.91 Å². The Hall–Kier alpha value is -3.41. The normalized spacial score (nSPS) is 23.0. The maximum Gasteiger partial charge on any atom is 0.269 e. The number of pyridine rings is 1. The minimum Gasteiger partial charge on any atom is -0.350 e. The monoisotopic (exact) mass is 419 g/mol. The van der Waals surface area contributed by atoms with Gasteiger partial charge >= 0.3 is 0 Å². The van der Waals surface area contributed by atoms with Crippen LogP contribution in [0, 0.1) is 28.6 Å². The smallest absolute Gasteiger partial charge is 0.269 e. The highest BCUT2D eigenvalue weighted by molar-refractivity contribution is 6.02. The van der Waals surface area contributed by atoms with Gasteiger partial charge < -0.3 is 15.5 Å². The second kappa shape index (κ2) is 7.38. The summed E-state index contributed by atoms with van der Waals surface area (Å²) in [5, 5.41) is 20.1. The third-order valence-electron chi connectivity index (χ3n) is 6.50. The number of aryl methyl sites for hydroxylation is 1. The number of carbonyl (C=O) groups is 2. The molecule has 1 aliphatic heterocycles. The van der Waals surface area contributed by atoms with E-state index in [0.29, 0.717) is 48.4 Å². The quantitative estimate of drug-likeness (QED) is 0.712. The summed E-state index contributed by atoms with van der Waals surface area (Å²) in [6.45, 7) is 1.23. The molecule has 0 bridgehead atoms. The average Bonchev–Trinajstić information content (AvgIpc) is 3.69. The molecule has 0 aromatic carbocycles. The maximum atomic E-state index is 13.0. The Labute approximate surface area is 180 Å². The molecule has 9 nitrogen and oxygen atoms in total. The van der Waals surface area contributed by atoms with Crippen LogP contribution in [0.3, 0.4) is 0 Å². The third kappa shape index (κ3) is 3.63. The van der Waals surface area contributed by atoms with Gasteiger partial charge in [-0.05, 0) is 50.0 Å². The van der Waals surface area contributed by atoms with Crippen molar-refractivity contribution in [2.24, 2.45) is 24.3 Å².